The van der Waals surface area contributed by atoms with Crippen molar-refractivity contribution in [2.75, 3.05) is 4.90 Å². The van der Waals surface area contributed by atoms with Gasteiger partial charge < -0.3 is 4.90 Å². The smallest absolute Gasteiger partial charge is 0.164 e. The van der Waals surface area contributed by atoms with Gasteiger partial charge in [0, 0.05) is 45.6 Å². The Hall–Kier alpha value is -6.13. The number of benzene rings is 6. The Morgan fingerprint density at radius 3 is 1.58 bits per heavy atom. The molecule has 6 aromatic carbocycles. The first kappa shape index (κ1) is 30.0. The second-order valence-corrected chi connectivity index (χ2v) is 13.3. The molecule has 7 aromatic rings. The molecule has 0 saturated carbocycles. The van der Waals surface area contributed by atoms with Crippen LogP contribution in [0.1, 0.15) is 24.8 Å². The van der Waals surface area contributed by atoms with Crippen LogP contribution in [0, 0.1) is 5.92 Å². The first-order chi connectivity index (χ1) is 24.7. The average Bonchev–Trinajstić information content (AvgIpc) is 3.51. The molecule has 3 atom stereocenters. The molecule has 1 aliphatic carbocycles. The fraction of sp³-hybridized carbons (Fsp3) is 0.109. The number of hydrogen-bond donors (Lipinski definition) is 0. The van der Waals surface area contributed by atoms with Gasteiger partial charge in [0.2, 0.25) is 0 Å². The van der Waals surface area contributed by atoms with E-state index in [0.29, 0.717) is 35.4 Å². The lowest BCUT2D eigenvalue weighted by atomic mass is 9.83. The number of fused-ring (bicyclic) bond motifs is 3. The van der Waals surface area contributed by atoms with Gasteiger partial charge in [0.15, 0.2) is 17.5 Å². The van der Waals surface area contributed by atoms with Crippen LogP contribution in [-0.2, 0) is 0 Å². The Morgan fingerprint density at radius 1 is 0.460 bits per heavy atom. The third-order valence-corrected chi connectivity index (χ3v) is 10.1. The van der Waals surface area contributed by atoms with E-state index < -0.39 is 0 Å². The Morgan fingerprint density at radius 2 is 0.980 bits per heavy atom. The summed E-state index contributed by atoms with van der Waals surface area (Å²) in [7, 11) is 0. The lowest BCUT2D eigenvalue weighted by Crippen LogP contribution is -2.33. The van der Waals surface area contributed by atoms with Crippen molar-refractivity contribution >= 4 is 11.4 Å². The number of hydrogen-bond acceptors (Lipinski definition) is 4. The minimum Gasteiger partial charge on any atom is -0.337 e. The van der Waals surface area contributed by atoms with E-state index in [2.05, 4.69) is 145 Å². The van der Waals surface area contributed by atoms with Crippen molar-refractivity contribution in [2.45, 2.75) is 25.3 Å². The topological polar surface area (TPSA) is 41.9 Å². The van der Waals surface area contributed by atoms with Crippen LogP contribution in [0.2, 0.25) is 0 Å². The molecule has 2 heterocycles. The van der Waals surface area contributed by atoms with E-state index in [1.54, 1.807) is 0 Å². The summed E-state index contributed by atoms with van der Waals surface area (Å²) in [4.78, 5) is 17.7. The number of rotatable bonds is 6. The van der Waals surface area contributed by atoms with Crippen molar-refractivity contribution in [3.8, 4) is 56.4 Å². The van der Waals surface area contributed by atoms with Crippen molar-refractivity contribution in [1.82, 2.24) is 15.0 Å². The number of nitrogens with zero attached hydrogens (tertiary/aromatic N) is 4. The zero-order valence-electron chi connectivity index (χ0n) is 27.9. The quantitative estimate of drug-likeness (QED) is 0.169. The molecular formula is C46H36N4. The number of allylic oxidation sites excluding steroid dienone is 1. The van der Waals surface area contributed by atoms with E-state index in [-0.39, 0.29) is 0 Å². The zero-order valence-corrected chi connectivity index (χ0v) is 27.9. The van der Waals surface area contributed by atoms with Crippen LogP contribution in [0.15, 0.2) is 170 Å². The predicted octanol–water partition coefficient (Wildman–Crippen LogP) is 11.4. The summed E-state index contributed by atoms with van der Waals surface area (Å²) in [5.41, 5.74) is 11.5. The summed E-state index contributed by atoms with van der Waals surface area (Å²) >= 11 is 0. The minimum atomic E-state index is 0.316. The summed E-state index contributed by atoms with van der Waals surface area (Å²) in [5.74, 6) is 2.81. The molecule has 0 spiro atoms. The van der Waals surface area contributed by atoms with Crippen molar-refractivity contribution in [1.29, 1.82) is 0 Å². The van der Waals surface area contributed by atoms with Crippen molar-refractivity contribution in [3.63, 3.8) is 0 Å². The molecule has 0 bridgehead atoms. The first-order valence-electron chi connectivity index (χ1n) is 17.4. The largest absolute Gasteiger partial charge is 0.337 e. The predicted molar refractivity (Wildman–Crippen MR) is 205 cm³/mol. The summed E-state index contributed by atoms with van der Waals surface area (Å²) < 4.78 is 0. The van der Waals surface area contributed by atoms with Gasteiger partial charge in [0.25, 0.3) is 0 Å². The molecule has 0 fully saturated rings. The van der Waals surface area contributed by atoms with Crippen molar-refractivity contribution in [3.05, 3.63) is 175 Å². The fourth-order valence-electron chi connectivity index (χ4n) is 7.62. The molecule has 0 N–H and O–H groups in total. The highest BCUT2D eigenvalue weighted by Crippen LogP contribution is 2.53. The monoisotopic (exact) mass is 644 g/mol. The molecule has 0 radical (unpaired) electrons. The molecule has 4 heteroatoms. The molecule has 9 rings (SSSR count). The van der Waals surface area contributed by atoms with Gasteiger partial charge in [-0.3, -0.25) is 0 Å². The summed E-state index contributed by atoms with van der Waals surface area (Å²) in [6, 6.07) is 55.9. The maximum absolute atomic E-state index is 5.07. The van der Waals surface area contributed by atoms with E-state index in [1.165, 1.54) is 28.1 Å². The Kier molecular flexibility index (Phi) is 7.62. The van der Waals surface area contributed by atoms with Gasteiger partial charge in [-0.1, -0.05) is 153 Å². The number of anilines is 2. The lowest BCUT2D eigenvalue weighted by Gasteiger charge is -2.35. The highest BCUT2D eigenvalue weighted by atomic mass is 15.2. The van der Waals surface area contributed by atoms with E-state index in [9.17, 15) is 0 Å². The van der Waals surface area contributed by atoms with Crippen molar-refractivity contribution in [2.24, 2.45) is 5.92 Å². The molecule has 0 saturated heterocycles. The number of aromatic nitrogens is 3. The zero-order chi connectivity index (χ0) is 33.4. The molecule has 0 amide bonds. The summed E-state index contributed by atoms with van der Waals surface area (Å²) in [6.45, 7) is 2.33. The average molecular weight is 645 g/mol. The van der Waals surface area contributed by atoms with E-state index in [0.717, 1.165) is 34.2 Å². The van der Waals surface area contributed by atoms with Crippen LogP contribution >= 0.6 is 0 Å². The van der Waals surface area contributed by atoms with Gasteiger partial charge in [-0.15, -0.1) is 0 Å². The second-order valence-electron chi connectivity index (χ2n) is 13.3. The van der Waals surface area contributed by atoms with Gasteiger partial charge in [0.1, 0.15) is 0 Å². The molecule has 1 aliphatic heterocycles. The Labute approximate surface area is 293 Å². The van der Waals surface area contributed by atoms with Gasteiger partial charge in [-0.25, -0.2) is 15.0 Å². The van der Waals surface area contributed by atoms with Gasteiger partial charge in [-0.2, -0.15) is 0 Å². The van der Waals surface area contributed by atoms with E-state index >= 15 is 0 Å². The lowest BCUT2D eigenvalue weighted by molar-refractivity contribution is 0.485. The summed E-state index contributed by atoms with van der Waals surface area (Å²) in [6.07, 6.45) is 5.93. The van der Waals surface area contributed by atoms with Crippen LogP contribution in [-0.4, -0.2) is 21.0 Å². The van der Waals surface area contributed by atoms with Crippen LogP contribution in [0.5, 0.6) is 0 Å². The minimum absolute atomic E-state index is 0.316. The fourth-order valence-corrected chi connectivity index (χ4v) is 7.62. The van der Waals surface area contributed by atoms with Gasteiger partial charge in [-0.05, 0) is 58.9 Å². The van der Waals surface area contributed by atoms with Crippen molar-refractivity contribution < 1.29 is 0 Å². The molecule has 50 heavy (non-hydrogen) atoms. The van der Waals surface area contributed by atoms with Gasteiger partial charge >= 0.3 is 0 Å². The van der Waals surface area contributed by atoms with Crippen LogP contribution < -0.4 is 4.90 Å². The summed E-state index contributed by atoms with van der Waals surface area (Å²) in [5, 5.41) is 0. The van der Waals surface area contributed by atoms with Crippen LogP contribution in [0.3, 0.4) is 0 Å². The third-order valence-electron chi connectivity index (χ3n) is 10.1. The molecule has 240 valence electrons. The molecule has 3 unspecified atom stereocenters. The Bertz CT molecular complexity index is 2260. The Balaban J connectivity index is 1.23. The van der Waals surface area contributed by atoms with E-state index in [1.807, 2.05) is 36.4 Å². The van der Waals surface area contributed by atoms with Gasteiger partial charge in [0.05, 0.1) is 0 Å². The molecule has 4 nitrogen and oxygen atoms in total. The third kappa shape index (κ3) is 5.49. The normalized spacial score (nSPS) is 17.7. The standard InChI is InChI=1S/C46H36N4/c1-31-22-25-38-39-26-23-36(32-14-6-2-7-15-32)30-43(39)50(42(38)28-31)41-27-24-37(29-40(41)33-16-8-3-9-17-33)46-48-44(34-18-10-4-11-19-34)47-45(49-46)35-20-12-5-13-21-35/h2-27,29-31,38,42H,28H2,1H3. The SMILES string of the molecule is CC1C=CC2c3ccc(-c4ccccc4)cc3N(c3ccc(-c4nc(-c5ccccc5)nc(-c5ccccc5)n4)cc3-c3ccccc3)C2C1. The maximum atomic E-state index is 5.07. The highest BCUT2D eigenvalue weighted by Gasteiger charge is 2.41. The maximum Gasteiger partial charge on any atom is 0.164 e. The van der Waals surface area contributed by atoms with E-state index in [4.69, 9.17) is 15.0 Å². The van der Waals surface area contributed by atoms with Crippen LogP contribution in [0.4, 0.5) is 11.4 Å². The molecule has 1 aromatic heterocycles. The second kappa shape index (κ2) is 12.7. The first-order valence-corrected chi connectivity index (χ1v) is 17.4. The molecule has 2 aliphatic rings. The van der Waals surface area contributed by atoms with Crippen LogP contribution in [0.25, 0.3) is 56.4 Å². The molecular weight excluding hydrogens is 609 g/mol. The highest BCUT2D eigenvalue weighted by molar-refractivity contribution is 5.89.